The molecule has 1 unspecified atom stereocenters. The molecule has 114 valence electrons. The van der Waals surface area contributed by atoms with Gasteiger partial charge in [-0.1, -0.05) is 19.1 Å². The summed E-state index contributed by atoms with van der Waals surface area (Å²) in [6, 6.07) is 8.24. The molecule has 0 spiro atoms. The lowest BCUT2D eigenvalue weighted by Gasteiger charge is -2.34. The van der Waals surface area contributed by atoms with E-state index in [9.17, 15) is 5.11 Å². The Balaban J connectivity index is 1.95. The number of aliphatic hydroxyl groups excluding tert-OH is 1. The molecule has 1 fully saturated rings. The molecule has 3 rings (SSSR count). The first-order valence-electron chi connectivity index (χ1n) is 7.98. The number of nitrogens with one attached hydrogen (secondary N) is 1. The summed E-state index contributed by atoms with van der Waals surface area (Å²) < 4.78 is 2.26. The maximum absolute atomic E-state index is 10.1. The normalized spacial score (nSPS) is 18.0. The number of hydrogen-bond donors (Lipinski definition) is 2. The van der Waals surface area contributed by atoms with E-state index >= 15 is 0 Å². The molecule has 0 aliphatic heterocycles. The number of aliphatic hydroxyl groups is 1. The number of imidazole rings is 1. The van der Waals surface area contributed by atoms with Gasteiger partial charge in [0.15, 0.2) is 0 Å². The zero-order valence-electron chi connectivity index (χ0n) is 13.0. The van der Waals surface area contributed by atoms with Crippen LogP contribution in [0.15, 0.2) is 24.3 Å². The number of rotatable bonds is 7. The molecule has 1 atom stereocenters. The number of aromatic nitrogens is 2. The van der Waals surface area contributed by atoms with Crippen LogP contribution in [0.4, 0.5) is 0 Å². The fourth-order valence-electron chi connectivity index (χ4n) is 3.25. The van der Waals surface area contributed by atoms with Crippen LogP contribution in [-0.2, 0) is 6.54 Å². The third-order valence-electron chi connectivity index (χ3n) is 4.65. The number of fused-ring (bicyclic) bond motifs is 1. The standard InChI is InChI=1S/C17H25N3O/c1-3-10-18-17(12-21,14-8-9-14)11-20-13(2)19-15-6-4-5-7-16(15)20/h4-7,14,18,21H,3,8-12H2,1-2H3. The second-order valence-electron chi connectivity index (χ2n) is 6.25. The van der Waals surface area contributed by atoms with Gasteiger partial charge in [0.05, 0.1) is 23.2 Å². The van der Waals surface area contributed by atoms with Gasteiger partial charge in [-0.2, -0.15) is 0 Å². The zero-order valence-corrected chi connectivity index (χ0v) is 13.0. The molecule has 1 aromatic heterocycles. The summed E-state index contributed by atoms with van der Waals surface area (Å²) in [5.41, 5.74) is 1.99. The van der Waals surface area contributed by atoms with Gasteiger partial charge in [0.25, 0.3) is 0 Å². The highest BCUT2D eigenvalue weighted by Gasteiger charge is 2.45. The molecule has 21 heavy (non-hydrogen) atoms. The first kappa shape index (κ1) is 14.5. The number of aryl methyl sites for hydroxylation is 1. The summed E-state index contributed by atoms with van der Waals surface area (Å²) >= 11 is 0. The van der Waals surface area contributed by atoms with Crippen LogP contribution in [0.25, 0.3) is 11.0 Å². The Bertz CT molecular complexity index is 618. The van der Waals surface area contributed by atoms with Gasteiger partial charge < -0.3 is 15.0 Å². The summed E-state index contributed by atoms with van der Waals surface area (Å²) in [5, 5.41) is 13.7. The van der Waals surface area contributed by atoms with Crippen LogP contribution >= 0.6 is 0 Å². The molecule has 1 aliphatic rings. The van der Waals surface area contributed by atoms with Crippen LogP contribution in [0.2, 0.25) is 0 Å². The molecule has 0 saturated heterocycles. The molecule has 1 aromatic carbocycles. The number of benzene rings is 1. The molecule has 1 aliphatic carbocycles. The van der Waals surface area contributed by atoms with E-state index < -0.39 is 0 Å². The van der Waals surface area contributed by atoms with E-state index in [1.165, 1.54) is 12.8 Å². The van der Waals surface area contributed by atoms with Crippen LogP contribution in [-0.4, -0.2) is 33.3 Å². The lowest BCUT2D eigenvalue weighted by atomic mass is 9.93. The molecule has 2 aromatic rings. The Hall–Kier alpha value is -1.39. The minimum Gasteiger partial charge on any atom is -0.394 e. The fraction of sp³-hybridized carbons (Fsp3) is 0.588. The van der Waals surface area contributed by atoms with Crippen molar-refractivity contribution < 1.29 is 5.11 Å². The van der Waals surface area contributed by atoms with Crippen molar-refractivity contribution in [1.29, 1.82) is 0 Å². The first-order valence-corrected chi connectivity index (χ1v) is 7.98. The highest BCUT2D eigenvalue weighted by molar-refractivity contribution is 5.75. The maximum atomic E-state index is 10.1. The van der Waals surface area contributed by atoms with E-state index in [1.807, 2.05) is 6.07 Å². The van der Waals surface area contributed by atoms with Gasteiger partial charge >= 0.3 is 0 Å². The Morgan fingerprint density at radius 1 is 1.38 bits per heavy atom. The molecule has 1 heterocycles. The molecule has 2 N–H and O–H groups in total. The SMILES string of the molecule is CCCNC(CO)(Cn1c(C)nc2ccccc21)C1CC1. The molecule has 1 saturated carbocycles. The van der Waals surface area contributed by atoms with Gasteiger partial charge in [0, 0.05) is 6.54 Å². The third kappa shape index (κ3) is 2.70. The number of nitrogens with zero attached hydrogens (tertiary/aromatic N) is 2. The fourth-order valence-corrected chi connectivity index (χ4v) is 3.25. The van der Waals surface area contributed by atoms with Crippen molar-refractivity contribution in [2.24, 2.45) is 5.92 Å². The van der Waals surface area contributed by atoms with Crippen molar-refractivity contribution in [3.8, 4) is 0 Å². The van der Waals surface area contributed by atoms with Crippen LogP contribution in [0.5, 0.6) is 0 Å². The van der Waals surface area contributed by atoms with E-state index in [1.54, 1.807) is 0 Å². The largest absolute Gasteiger partial charge is 0.394 e. The number of para-hydroxylation sites is 2. The lowest BCUT2D eigenvalue weighted by Crippen LogP contribution is -2.54. The Morgan fingerprint density at radius 2 is 2.14 bits per heavy atom. The van der Waals surface area contributed by atoms with Crippen LogP contribution < -0.4 is 5.32 Å². The van der Waals surface area contributed by atoms with Crippen molar-refractivity contribution in [2.45, 2.75) is 45.2 Å². The molecule has 0 radical (unpaired) electrons. The third-order valence-corrected chi connectivity index (χ3v) is 4.65. The van der Waals surface area contributed by atoms with Crippen molar-refractivity contribution >= 4 is 11.0 Å². The van der Waals surface area contributed by atoms with Gasteiger partial charge in [-0.25, -0.2) is 4.98 Å². The molecule has 0 bridgehead atoms. The summed E-state index contributed by atoms with van der Waals surface area (Å²) in [7, 11) is 0. The highest BCUT2D eigenvalue weighted by Crippen LogP contribution is 2.41. The Labute approximate surface area is 126 Å². The molecular formula is C17H25N3O. The van der Waals surface area contributed by atoms with Gasteiger partial charge in [-0.05, 0) is 50.8 Å². The van der Waals surface area contributed by atoms with Gasteiger partial charge in [-0.3, -0.25) is 0 Å². The van der Waals surface area contributed by atoms with Crippen molar-refractivity contribution in [3.63, 3.8) is 0 Å². The molecule has 4 heteroatoms. The van der Waals surface area contributed by atoms with E-state index in [2.05, 4.69) is 46.9 Å². The molecule has 4 nitrogen and oxygen atoms in total. The van der Waals surface area contributed by atoms with Crippen LogP contribution in [0.3, 0.4) is 0 Å². The predicted molar refractivity (Wildman–Crippen MR) is 85.3 cm³/mol. The summed E-state index contributed by atoms with van der Waals surface area (Å²) in [5.74, 6) is 1.60. The number of hydrogen-bond acceptors (Lipinski definition) is 3. The smallest absolute Gasteiger partial charge is 0.106 e. The quantitative estimate of drug-likeness (QED) is 0.822. The molecular weight excluding hydrogens is 262 g/mol. The van der Waals surface area contributed by atoms with Crippen molar-refractivity contribution in [1.82, 2.24) is 14.9 Å². The second-order valence-corrected chi connectivity index (χ2v) is 6.25. The minimum atomic E-state index is -0.204. The summed E-state index contributed by atoms with van der Waals surface area (Å²) in [6.45, 7) is 6.14. The van der Waals surface area contributed by atoms with Gasteiger partial charge in [0.1, 0.15) is 5.82 Å². The first-order chi connectivity index (χ1) is 10.2. The minimum absolute atomic E-state index is 0.184. The van der Waals surface area contributed by atoms with Crippen molar-refractivity contribution in [2.75, 3.05) is 13.2 Å². The highest BCUT2D eigenvalue weighted by atomic mass is 16.3. The molecule has 0 amide bonds. The average Bonchev–Trinajstić information content (AvgIpc) is 3.30. The van der Waals surface area contributed by atoms with E-state index in [0.29, 0.717) is 5.92 Å². The van der Waals surface area contributed by atoms with Crippen LogP contribution in [0, 0.1) is 12.8 Å². The topological polar surface area (TPSA) is 50.1 Å². The second kappa shape index (κ2) is 5.78. The maximum Gasteiger partial charge on any atom is 0.106 e. The average molecular weight is 287 g/mol. The van der Waals surface area contributed by atoms with E-state index in [4.69, 9.17) is 0 Å². The van der Waals surface area contributed by atoms with Gasteiger partial charge in [-0.15, -0.1) is 0 Å². The predicted octanol–water partition coefficient (Wildman–Crippen LogP) is 2.49. The Kier molecular flexibility index (Phi) is 4.00. The van der Waals surface area contributed by atoms with Crippen molar-refractivity contribution in [3.05, 3.63) is 30.1 Å². The lowest BCUT2D eigenvalue weighted by molar-refractivity contribution is 0.123. The monoisotopic (exact) mass is 287 g/mol. The van der Waals surface area contributed by atoms with Gasteiger partial charge in [0.2, 0.25) is 0 Å². The van der Waals surface area contributed by atoms with Crippen LogP contribution in [0.1, 0.15) is 32.0 Å². The van der Waals surface area contributed by atoms with E-state index in [-0.39, 0.29) is 12.1 Å². The summed E-state index contributed by atoms with van der Waals surface area (Å²) in [6.07, 6.45) is 3.50. The Morgan fingerprint density at radius 3 is 2.81 bits per heavy atom. The zero-order chi connectivity index (χ0) is 14.9. The van der Waals surface area contributed by atoms with E-state index in [0.717, 1.165) is 36.4 Å². The summed E-state index contributed by atoms with van der Waals surface area (Å²) in [4.78, 5) is 4.65.